The summed E-state index contributed by atoms with van der Waals surface area (Å²) in [6.07, 6.45) is 7.04. The van der Waals surface area contributed by atoms with Gasteiger partial charge in [-0.05, 0) is 19.1 Å². The van der Waals surface area contributed by atoms with Crippen LogP contribution in [0.1, 0.15) is 18.7 Å². The van der Waals surface area contributed by atoms with Crippen LogP contribution in [0.4, 0.5) is 0 Å². The zero-order chi connectivity index (χ0) is 9.26. The Kier molecular flexibility index (Phi) is 1.88. The van der Waals surface area contributed by atoms with Gasteiger partial charge in [0, 0.05) is 0 Å². The molecule has 0 N–H and O–H groups in total. The first kappa shape index (κ1) is 8.04. The van der Waals surface area contributed by atoms with Gasteiger partial charge in [0.1, 0.15) is 0 Å². The second kappa shape index (κ2) is 3.05. The van der Waals surface area contributed by atoms with E-state index in [1.807, 2.05) is 12.2 Å². The molecule has 0 saturated heterocycles. The van der Waals surface area contributed by atoms with Crippen molar-refractivity contribution in [3.63, 3.8) is 0 Å². The molecule has 4 nitrogen and oxygen atoms in total. The first-order valence-corrected chi connectivity index (χ1v) is 4.19. The van der Waals surface area contributed by atoms with Crippen molar-refractivity contribution in [3.05, 3.63) is 24.3 Å². The minimum atomic E-state index is -0.322. The van der Waals surface area contributed by atoms with Crippen molar-refractivity contribution in [2.75, 3.05) is 6.61 Å². The van der Waals surface area contributed by atoms with Crippen LogP contribution < -0.4 is 0 Å². The molecule has 0 aromatic carbocycles. The molecule has 1 aliphatic rings. The highest BCUT2D eigenvalue weighted by atomic mass is 16.5. The van der Waals surface area contributed by atoms with E-state index < -0.39 is 0 Å². The first-order chi connectivity index (χ1) is 6.33. The van der Waals surface area contributed by atoms with Gasteiger partial charge >= 0.3 is 5.97 Å². The summed E-state index contributed by atoms with van der Waals surface area (Å²) < 4.78 is 6.70. The highest BCUT2D eigenvalue weighted by Crippen LogP contribution is 2.22. The maximum absolute atomic E-state index is 11.4. The number of hydrogen-bond acceptors (Lipinski definition) is 3. The van der Waals surface area contributed by atoms with Crippen molar-refractivity contribution in [2.24, 2.45) is 0 Å². The summed E-state index contributed by atoms with van der Waals surface area (Å²) in [5.41, 5.74) is 0.943. The molecule has 0 saturated carbocycles. The summed E-state index contributed by atoms with van der Waals surface area (Å²) in [5, 5.41) is 0. The summed E-state index contributed by atoms with van der Waals surface area (Å²) in [6.45, 7) is 2.21. The van der Waals surface area contributed by atoms with Crippen LogP contribution in [-0.2, 0) is 9.53 Å². The van der Waals surface area contributed by atoms with Gasteiger partial charge in [-0.25, -0.2) is 9.78 Å². The lowest BCUT2D eigenvalue weighted by Gasteiger charge is -2.09. The van der Waals surface area contributed by atoms with Gasteiger partial charge in [-0.3, -0.25) is 0 Å². The standard InChI is InChI=1S/C9H10N2O2/c1-2-13-9(12)8-4-3-7-5-10-6-11(7)8/h3-6,8H,2H2,1H3. The summed E-state index contributed by atoms with van der Waals surface area (Å²) in [6, 6.07) is -0.322. The highest BCUT2D eigenvalue weighted by molar-refractivity contribution is 5.80. The molecule has 0 amide bonds. The molecule has 13 heavy (non-hydrogen) atoms. The minimum Gasteiger partial charge on any atom is -0.464 e. The van der Waals surface area contributed by atoms with Gasteiger partial charge in [0.25, 0.3) is 0 Å². The van der Waals surface area contributed by atoms with E-state index in [9.17, 15) is 4.79 Å². The number of hydrogen-bond donors (Lipinski definition) is 0. The van der Waals surface area contributed by atoms with Crippen molar-refractivity contribution >= 4 is 12.0 Å². The molecule has 1 aromatic rings. The smallest absolute Gasteiger partial charge is 0.333 e. The average molecular weight is 178 g/mol. The molecule has 1 atom stereocenters. The molecular formula is C9H10N2O2. The molecule has 0 aliphatic carbocycles. The molecule has 0 fully saturated rings. The number of aromatic nitrogens is 2. The molecule has 2 heterocycles. The molecule has 4 heteroatoms. The van der Waals surface area contributed by atoms with E-state index in [1.165, 1.54) is 0 Å². The van der Waals surface area contributed by atoms with Gasteiger partial charge < -0.3 is 9.30 Å². The van der Waals surface area contributed by atoms with Gasteiger partial charge in [0.05, 0.1) is 24.8 Å². The monoisotopic (exact) mass is 178 g/mol. The Bertz CT molecular complexity index is 354. The van der Waals surface area contributed by atoms with Gasteiger partial charge in [-0.2, -0.15) is 0 Å². The quantitative estimate of drug-likeness (QED) is 0.635. The molecule has 0 radical (unpaired) electrons. The maximum atomic E-state index is 11.4. The van der Waals surface area contributed by atoms with Crippen LogP contribution in [0.15, 0.2) is 18.6 Å². The first-order valence-electron chi connectivity index (χ1n) is 4.19. The Morgan fingerprint density at radius 3 is 3.38 bits per heavy atom. The fraction of sp³-hybridized carbons (Fsp3) is 0.333. The molecular weight excluding hydrogens is 168 g/mol. The van der Waals surface area contributed by atoms with E-state index in [1.54, 1.807) is 24.0 Å². The third-order valence-corrected chi connectivity index (χ3v) is 1.97. The second-order valence-corrected chi connectivity index (χ2v) is 2.78. The summed E-state index contributed by atoms with van der Waals surface area (Å²) in [5.74, 6) is -0.226. The fourth-order valence-electron chi connectivity index (χ4n) is 1.38. The van der Waals surface area contributed by atoms with E-state index in [-0.39, 0.29) is 12.0 Å². The van der Waals surface area contributed by atoms with E-state index >= 15 is 0 Å². The predicted octanol–water partition coefficient (Wildman–Crippen LogP) is 1.01. The van der Waals surface area contributed by atoms with E-state index in [2.05, 4.69) is 4.98 Å². The van der Waals surface area contributed by atoms with Crippen molar-refractivity contribution in [1.82, 2.24) is 9.55 Å². The number of imidazole rings is 1. The number of carbonyl (C=O) groups is 1. The number of fused-ring (bicyclic) bond motifs is 1. The van der Waals surface area contributed by atoms with Crippen LogP contribution in [0.25, 0.3) is 6.08 Å². The lowest BCUT2D eigenvalue weighted by molar-refractivity contribution is -0.145. The van der Waals surface area contributed by atoms with Crippen LogP contribution in [0.5, 0.6) is 0 Å². The lowest BCUT2D eigenvalue weighted by atomic mass is 10.3. The molecule has 1 aliphatic heterocycles. The van der Waals surface area contributed by atoms with Crippen LogP contribution in [0, 0.1) is 0 Å². The van der Waals surface area contributed by atoms with E-state index in [0.717, 1.165) is 5.69 Å². The zero-order valence-corrected chi connectivity index (χ0v) is 7.30. The molecule has 0 spiro atoms. The van der Waals surface area contributed by atoms with Crippen LogP contribution in [-0.4, -0.2) is 22.1 Å². The van der Waals surface area contributed by atoms with Crippen LogP contribution in [0.3, 0.4) is 0 Å². The Hall–Kier alpha value is -1.58. The molecule has 0 bridgehead atoms. The average Bonchev–Trinajstić information content (AvgIpc) is 2.62. The van der Waals surface area contributed by atoms with E-state index in [4.69, 9.17) is 4.74 Å². The number of rotatable bonds is 2. The second-order valence-electron chi connectivity index (χ2n) is 2.78. The fourth-order valence-corrected chi connectivity index (χ4v) is 1.38. The maximum Gasteiger partial charge on any atom is 0.333 e. The Morgan fingerprint density at radius 2 is 2.62 bits per heavy atom. The minimum absolute atomic E-state index is 0.226. The Labute approximate surface area is 75.8 Å². The van der Waals surface area contributed by atoms with Gasteiger partial charge in [-0.15, -0.1) is 0 Å². The Morgan fingerprint density at radius 1 is 1.77 bits per heavy atom. The summed E-state index contributed by atoms with van der Waals surface area (Å²) >= 11 is 0. The van der Waals surface area contributed by atoms with Crippen LogP contribution in [0.2, 0.25) is 0 Å². The predicted molar refractivity (Wildman–Crippen MR) is 46.9 cm³/mol. The highest BCUT2D eigenvalue weighted by Gasteiger charge is 2.24. The molecule has 1 aromatic heterocycles. The third-order valence-electron chi connectivity index (χ3n) is 1.97. The summed E-state index contributed by atoms with van der Waals surface area (Å²) in [4.78, 5) is 15.3. The number of esters is 1. The van der Waals surface area contributed by atoms with Gasteiger partial charge in [-0.1, -0.05) is 0 Å². The topological polar surface area (TPSA) is 44.1 Å². The Balaban J connectivity index is 2.21. The molecule has 2 rings (SSSR count). The number of nitrogens with zero attached hydrogens (tertiary/aromatic N) is 2. The molecule has 68 valence electrons. The van der Waals surface area contributed by atoms with Crippen molar-refractivity contribution in [1.29, 1.82) is 0 Å². The van der Waals surface area contributed by atoms with Gasteiger partial charge in [0.2, 0.25) is 0 Å². The van der Waals surface area contributed by atoms with Gasteiger partial charge in [0.15, 0.2) is 6.04 Å². The van der Waals surface area contributed by atoms with E-state index in [0.29, 0.717) is 6.61 Å². The number of carbonyl (C=O) groups excluding carboxylic acids is 1. The third kappa shape index (κ3) is 1.24. The van der Waals surface area contributed by atoms with Crippen molar-refractivity contribution in [3.8, 4) is 0 Å². The summed E-state index contributed by atoms with van der Waals surface area (Å²) in [7, 11) is 0. The largest absolute Gasteiger partial charge is 0.464 e. The normalized spacial score (nSPS) is 18.7. The SMILES string of the molecule is CCOC(=O)C1C=Cc2cncn21. The van der Waals surface area contributed by atoms with Crippen molar-refractivity contribution in [2.45, 2.75) is 13.0 Å². The van der Waals surface area contributed by atoms with Crippen molar-refractivity contribution < 1.29 is 9.53 Å². The molecule has 1 unspecified atom stereocenters. The number of ether oxygens (including phenoxy) is 1. The lowest BCUT2D eigenvalue weighted by Crippen LogP contribution is -2.17. The van der Waals surface area contributed by atoms with Crippen LogP contribution >= 0.6 is 0 Å². The zero-order valence-electron chi connectivity index (χ0n) is 7.30.